The Morgan fingerprint density at radius 1 is 1.30 bits per heavy atom. The molecule has 1 aromatic rings. The first kappa shape index (κ1) is 19.1. The van der Waals surface area contributed by atoms with Crippen molar-refractivity contribution in [3.63, 3.8) is 0 Å². The fraction of sp³-hybridized carbons (Fsp3) is 0.529. The average molecular weight is 385 g/mol. The van der Waals surface area contributed by atoms with Gasteiger partial charge in [0, 0.05) is 0 Å². The van der Waals surface area contributed by atoms with Crippen molar-refractivity contribution in [1.29, 1.82) is 0 Å². The van der Waals surface area contributed by atoms with Crippen LogP contribution >= 0.6 is 0 Å². The first-order valence-corrected chi connectivity index (χ1v) is 8.33. The van der Waals surface area contributed by atoms with E-state index in [4.69, 9.17) is 4.74 Å². The Kier molecular flexibility index (Phi) is 4.61. The number of amides is 1. The van der Waals surface area contributed by atoms with E-state index < -0.39 is 47.9 Å². The lowest BCUT2D eigenvalue weighted by atomic mass is 9.69. The molecule has 2 N–H and O–H groups in total. The molecule has 0 radical (unpaired) electrons. The van der Waals surface area contributed by atoms with Gasteiger partial charge >= 0.3 is 18.2 Å². The van der Waals surface area contributed by atoms with E-state index in [2.05, 4.69) is 15.5 Å². The number of carboxylic acids is 1. The molecular weight excluding hydrogens is 367 g/mol. The summed E-state index contributed by atoms with van der Waals surface area (Å²) in [7, 11) is 0. The summed E-state index contributed by atoms with van der Waals surface area (Å²) in [5.74, 6) is -1.56. The molecule has 0 spiro atoms. The maximum absolute atomic E-state index is 14.0. The van der Waals surface area contributed by atoms with E-state index in [0.29, 0.717) is 5.56 Å². The van der Waals surface area contributed by atoms with Crippen molar-refractivity contribution in [2.24, 2.45) is 21.1 Å². The molecule has 1 fully saturated rings. The summed E-state index contributed by atoms with van der Waals surface area (Å²) in [6.07, 6.45) is -8.91. The third-order valence-corrected chi connectivity index (χ3v) is 5.31. The number of carboxylic acid groups (broad SMARTS) is 1. The maximum atomic E-state index is 14.0. The number of hydrogen-bond donors (Lipinski definition) is 2. The summed E-state index contributed by atoms with van der Waals surface area (Å²) in [6.45, 7) is 0.726. The number of alkyl carbamates (subject to hydrolysis) is 1. The van der Waals surface area contributed by atoms with Gasteiger partial charge in [0.2, 0.25) is 0 Å². The molecule has 0 unspecified atom stereocenters. The van der Waals surface area contributed by atoms with E-state index in [9.17, 15) is 27.9 Å². The minimum Gasteiger partial charge on any atom is -0.481 e. The number of nitrogens with zero attached hydrogens (tertiary/aromatic N) is 2. The van der Waals surface area contributed by atoms with Gasteiger partial charge in [0.25, 0.3) is 0 Å². The Balaban J connectivity index is 1.79. The standard InChI is InChI=1S/C17H18F3N3O4/c1-10(11-5-3-2-4-6-11)27-14(26)22-12-16(9-21-23-12,17(18,19)20)15(7-8-15)13(24)25/h2-6,10,12H,7-9H2,1H3,(H,22,26)(H,24,25)/t10-,12-,16-/m1/s1. The van der Waals surface area contributed by atoms with E-state index in [0.717, 1.165) is 0 Å². The van der Waals surface area contributed by atoms with E-state index in [1.807, 2.05) is 0 Å². The van der Waals surface area contributed by atoms with E-state index in [1.54, 1.807) is 37.3 Å². The zero-order valence-electron chi connectivity index (χ0n) is 14.4. The van der Waals surface area contributed by atoms with Gasteiger partial charge in [0.15, 0.2) is 6.17 Å². The summed E-state index contributed by atoms with van der Waals surface area (Å²) in [6, 6.07) is 8.65. The molecule has 3 atom stereocenters. The van der Waals surface area contributed by atoms with Crippen molar-refractivity contribution in [3.05, 3.63) is 35.9 Å². The van der Waals surface area contributed by atoms with E-state index >= 15 is 0 Å². The SMILES string of the molecule is C[C@@H](OC(=O)N[C@@H]1N=NC[C@]1(C(F)(F)F)C1(C(=O)O)CC1)c1ccccc1. The topological polar surface area (TPSA) is 100 Å². The highest BCUT2D eigenvalue weighted by atomic mass is 19.4. The van der Waals surface area contributed by atoms with Crippen LogP contribution in [0.4, 0.5) is 18.0 Å². The van der Waals surface area contributed by atoms with Gasteiger partial charge < -0.3 is 9.84 Å². The van der Waals surface area contributed by atoms with Crippen LogP contribution in [0.2, 0.25) is 0 Å². The van der Waals surface area contributed by atoms with E-state index in [1.165, 1.54) is 0 Å². The third kappa shape index (κ3) is 3.02. The van der Waals surface area contributed by atoms with Crippen LogP contribution in [0.5, 0.6) is 0 Å². The number of carbonyl (C=O) groups excluding carboxylic acids is 1. The van der Waals surface area contributed by atoms with Crippen molar-refractivity contribution in [1.82, 2.24) is 5.32 Å². The molecule has 146 valence electrons. The van der Waals surface area contributed by atoms with Gasteiger partial charge in [-0.25, -0.2) is 4.79 Å². The van der Waals surface area contributed by atoms with Crippen LogP contribution in [0.15, 0.2) is 40.6 Å². The Labute approximate surface area is 152 Å². The number of benzene rings is 1. The lowest BCUT2D eigenvalue weighted by Gasteiger charge is -2.39. The number of nitrogens with one attached hydrogen (secondary N) is 1. The Bertz CT molecular complexity index is 764. The van der Waals surface area contributed by atoms with Crippen LogP contribution in [-0.4, -0.2) is 36.1 Å². The molecule has 3 rings (SSSR count). The minimum absolute atomic E-state index is 0.152. The van der Waals surface area contributed by atoms with E-state index in [-0.39, 0.29) is 12.8 Å². The van der Waals surface area contributed by atoms with Gasteiger partial charge in [-0.05, 0) is 25.3 Å². The largest absolute Gasteiger partial charge is 0.481 e. The molecular formula is C17H18F3N3O4. The summed E-state index contributed by atoms with van der Waals surface area (Å²) in [5, 5.41) is 18.4. The second kappa shape index (κ2) is 6.50. The fourth-order valence-corrected chi connectivity index (χ4v) is 3.57. The van der Waals surface area contributed by atoms with Crippen molar-refractivity contribution >= 4 is 12.1 Å². The minimum atomic E-state index is -4.92. The number of rotatable bonds is 5. The van der Waals surface area contributed by atoms with Crippen LogP contribution < -0.4 is 5.32 Å². The first-order valence-electron chi connectivity index (χ1n) is 8.33. The summed E-state index contributed by atoms with van der Waals surface area (Å²) >= 11 is 0. The van der Waals surface area contributed by atoms with Gasteiger partial charge in [0.05, 0.1) is 12.0 Å². The number of carbonyl (C=O) groups is 2. The molecule has 10 heteroatoms. The molecule has 0 saturated heterocycles. The normalized spacial score (nSPS) is 27.0. The van der Waals surface area contributed by atoms with Crippen molar-refractivity contribution in [3.8, 4) is 0 Å². The van der Waals surface area contributed by atoms with Gasteiger partial charge in [-0.1, -0.05) is 30.3 Å². The molecule has 7 nitrogen and oxygen atoms in total. The Morgan fingerprint density at radius 2 is 1.93 bits per heavy atom. The van der Waals surface area contributed by atoms with Crippen molar-refractivity contribution in [2.75, 3.05) is 6.54 Å². The molecule has 0 aromatic heterocycles. The second-order valence-electron chi connectivity index (χ2n) is 6.78. The molecule has 1 aliphatic carbocycles. The highest BCUT2D eigenvalue weighted by molar-refractivity contribution is 5.80. The Morgan fingerprint density at radius 3 is 2.44 bits per heavy atom. The highest BCUT2D eigenvalue weighted by Crippen LogP contribution is 2.67. The lowest BCUT2D eigenvalue weighted by molar-refractivity contribution is -0.251. The number of halogens is 3. The smallest absolute Gasteiger partial charge is 0.409 e. The molecule has 2 aliphatic rings. The highest BCUT2D eigenvalue weighted by Gasteiger charge is 2.79. The number of ether oxygens (including phenoxy) is 1. The number of alkyl halides is 3. The van der Waals surface area contributed by atoms with Crippen LogP contribution in [0.3, 0.4) is 0 Å². The predicted molar refractivity (Wildman–Crippen MR) is 85.8 cm³/mol. The number of hydrogen-bond acceptors (Lipinski definition) is 5. The number of aliphatic carboxylic acids is 1. The quantitative estimate of drug-likeness (QED) is 0.807. The molecule has 1 saturated carbocycles. The molecule has 0 bridgehead atoms. The fourth-order valence-electron chi connectivity index (χ4n) is 3.57. The van der Waals surface area contributed by atoms with Crippen molar-refractivity contribution < 1.29 is 32.6 Å². The van der Waals surface area contributed by atoms with Gasteiger partial charge in [-0.2, -0.15) is 23.4 Å². The van der Waals surface area contributed by atoms with Crippen LogP contribution in [0, 0.1) is 10.8 Å². The van der Waals surface area contributed by atoms with Crippen LogP contribution in [-0.2, 0) is 9.53 Å². The zero-order chi connectivity index (χ0) is 19.9. The van der Waals surface area contributed by atoms with Crippen molar-refractivity contribution in [2.45, 2.75) is 38.2 Å². The predicted octanol–water partition coefficient (Wildman–Crippen LogP) is 3.68. The molecule has 1 heterocycles. The molecule has 1 aromatic carbocycles. The molecule has 1 aliphatic heterocycles. The average Bonchev–Trinajstić information content (AvgIpc) is 3.30. The lowest BCUT2D eigenvalue weighted by Crippen LogP contribution is -2.61. The molecule has 27 heavy (non-hydrogen) atoms. The van der Waals surface area contributed by atoms with Crippen LogP contribution in [0.1, 0.15) is 31.4 Å². The summed E-state index contributed by atoms with van der Waals surface area (Å²) in [4.78, 5) is 23.8. The zero-order valence-corrected chi connectivity index (χ0v) is 14.4. The van der Waals surface area contributed by atoms with Gasteiger partial charge in [0.1, 0.15) is 11.5 Å². The third-order valence-electron chi connectivity index (χ3n) is 5.31. The monoisotopic (exact) mass is 385 g/mol. The molecule has 1 amide bonds. The summed E-state index contributed by atoms with van der Waals surface area (Å²) in [5.41, 5.74) is -4.18. The Hall–Kier alpha value is -2.65. The maximum Gasteiger partial charge on any atom is 0.409 e. The second-order valence-corrected chi connectivity index (χ2v) is 6.78. The van der Waals surface area contributed by atoms with Crippen LogP contribution in [0.25, 0.3) is 0 Å². The number of azo groups is 1. The van der Waals surface area contributed by atoms with Gasteiger partial charge in [-0.3, -0.25) is 10.1 Å². The van der Waals surface area contributed by atoms with Gasteiger partial charge in [-0.15, -0.1) is 0 Å². The first-order chi connectivity index (χ1) is 12.6. The summed E-state index contributed by atoms with van der Waals surface area (Å²) < 4.78 is 47.0.